The number of hydrogen-bond donors (Lipinski definition) is 0. The smallest absolute Gasteiger partial charge is 0.345 e. The Morgan fingerprint density at radius 3 is 2.19 bits per heavy atom. The van der Waals surface area contributed by atoms with Gasteiger partial charge in [0.2, 0.25) is 0 Å². The van der Waals surface area contributed by atoms with Gasteiger partial charge < -0.3 is 14.2 Å². The number of esters is 2. The van der Waals surface area contributed by atoms with Crippen molar-refractivity contribution >= 4 is 57.1 Å². The summed E-state index contributed by atoms with van der Waals surface area (Å²) in [5, 5.41) is 0.552. The standard InChI is InChI=1S/C19H15BrCl2O5/c1-25-18(23)15(19(24)26-2)8-12-7-14(21)9-16(22)17(12)27-10-11-3-5-13(20)6-4-11/h3-9H,10H2,1-2H3. The molecule has 0 aliphatic carbocycles. The van der Waals surface area contributed by atoms with Crippen LogP contribution in [0.4, 0.5) is 0 Å². The van der Waals surface area contributed by atoms with Gasteiger partial charge in [-0.1, -0.05) is 51.3 Å². The quantitative estimate of drug-likeness (QED) is 0.254. The van der Waals surface area contributed by atoms with E-state index in [-0.39, 0.29) is 23.0 Å². The zero-order chi connectivity index (χ0) is 20.0. The molecule has 0 unspecified atom stereocenters. The van der Waals surface area contributed by atoms with E-state index in [2.05, 4.69) is 25.4 Å². The molecule has 0 fully saturated rings. The van der Waals surface area contributed by atoms with E-state index >= 15 is 0 Å². The molecule has 0 spiro atoms. The summed E-state index contributed by atoms with van der Waals surface area (Å²) >= 11 is 15.7. The van der Waals surface area contributed by atoms with E-state index in [9.17, 15) is 9.59 Å². The molecule has 5 nitrogen and oxygen atoms in total. The second kappa shape index (κ2) is 9.78. The van der Waals surface area contributed by atoms with Crippen molar-refractivity contribution in [3.63, 3.8) is 0 Å². The number of benzene rings is 2. The average Bonchev–Trinajstić information content (AvgIpc) is 2.65. The Hall–Kier alpha value is -2.02. The molecule has 2 aromatic carbocycles. The third-order valence-electron chi connectivity index (χ3n) is 3.44. The van der Waals surface area contributed by atoms with Gasteiger partial charge in [0.1, 0.15) is 17.9 Å². The van der Waals surface area contributed by atoms with Crippen molar-refractivity contribution in [1.82, 2.24) is 0 Å². The SMILES string of the molecule is COC(=O)C(=Cc1cc(Cl)cc(Cl)c1OCc1ccc(Br)cc1)C(=O)OC. The van der Waals surface area contributed by atoms with Gasteiger partial charge in [-0.2, -0.15) is 0 Å². The summed E-state index contributed by atoms with van der Waals surface area (Å²) in [6, 6.07) is 10.6. The lowest BCUT2D eigenvalue weighted by Crippen LogP contribution is -2.15. The number of ether oxygens (including phenoxy) is 3. The van der Waals surface area contributed by atoms with Gasteiger partial charge in [-0.3, -0.25) is 0 Å². The van der Waals surface area contributed by atoms with Crippen molar-refractivity contribution in [2.24, 2.45) is 0 Å². The molecule has 27 heavy (non-hydrogen) atoms. The Bertz CT molecular complexity index is 860. The van der Waals surface area contributed by atoms with Crippen LogP contribution in [0.5, 0.6) is 5.75 Å². The monoisotopic (exact) mass is 472 g/mol. The van der Waals surface area contributed by atoms with E-state index in [1.54, 1.807) is 0 Å². The Kier molecular flexibility index (Phi) is 7.71. The van der Waals surface area contributed by atoms with Crippen molar-refractivity contribution < 1.29 is 23.8 Å². The zero-order valence-corrected chi connectivity index (χ0v) is 17.5. The fourth-order valence-electron chi connectivity index (χ4n) is 2.15. The lowest BCUT2D eigenvalue weighted by atomic mass is 10.1. The average molecular weight is 474 g/mol. The summed E-state index contributed by atoms with van der Waals surface area (Å²) in [7, 11) is 2.32. The van der Waals surface area contributed by atoms with E-state index < -0.39 is 11.9 Å². The van der Waals surface area contributed by atoms with Crippen LogP contribution in [0.3, 0.4) is 0 Å². The van der Waals surface area contributed by atoms with Crippen molar-refractivity contribution in [1.29, 1.82) is 0 Å². The van der Waals surface area contributed by atoms with Gasteiger partial charge in [-0.25, -0.2) is 9.59 Å². The molecule has 0 N–H and O–H groups in total. The Balaban J connectivity index is 2.42. The van der Waals surface area contributed by atoms with Gasteiger partial charge in [0, 0.05) is 15.1 Å². The summed E-state index contributed by atoms with van der Waals surface area (Å²) in [5.41, 5.74) is 0.933. The third-order valence-corrected chi connectivity index (χ3v) is 4.47. The van der Waals surface area contributed by atoms with Crippen LogP contribution in [0.25, 0.3) is 6.08 Å². The molecule has 0 aliphatic rings. The fourth-order valence-corrected chi connectivity index (χ4v) is 2.98. The van der Waals surface area contributed by atoms with E-state index in [1.165, 1.54) is 18.2 Å². The predicted molar refractivity (Wildman–Crippen MR) is 107 cm³/mol. The Morgan fingerprint density at radius 1 is 1.04 bits per heavy atom. The summed E-state index contributed by atoms with van der Waals surface area (Å²) in [6.07, 6.45) is 1.27. The first kappa shape index (κ1) is 21.3. The van der Waals surface area contributed by atoms with Crippen LogP contribution >= 0.6 is 39.1 Å². The highest BCUT2D eigenvalue weighted by molar-refractivity contribution is 9.10. The molecule has 0 aliphatic heterocycles. The van der Waals surface area contributed by atoms with E-state index in [0.29, 0.717) is 10.6 Å². The van der Waals surface area contributed by atoms with E-state index in [1.807, 2.05) is 24.3 Å². The van der Waals surface area contributed by atoms with Crippen LogP contribution in [0.2, 0.25) is 10.0 Å². The minimum Gasteiger partial charge on any atom is -0.487 e. The molecular weight excluding hydrogens is 459 g/mol. The fraction of sp³-hybridized carbons (Fsp3) is 0.158. The van der Waals surface area contributed by atoms with Gasteiger partial charge in [-0.15, -0.1) is 0 Å². The Morgan fingerprint density at radius 2 is 1.63 bits per heavy atom. The number of methoxy groups -OCH3 is 2. The lowest BCUT2D eigenvalue weighted by Gasteiger charge is -2.13. The number of carbonyl (C=O) groups excluding carboxylic acids is 2. The van der Waals surface area contributed by atoms with Gasteiger partial charge in [0.25, 0.3) is 0 Å². The van der Waals surface area contributed by atoms with Crippen LogP contribution in [0.15, 0.2) is 46.4 Å². The van der Waals surface area contributed by atoms with E-state index in [0.717, 1.165) is 24.3 Å². The molecule has 142 valence electrons. The summed E-state index contributed by atoms with van der Waals surface area (Å²) in [4.78, 5) is 23.8. The van der Waals surface area contributed by atoms with Crippen LogP contribution < -0.4 is 4.74 Å². The molecule has 0 saturated carbocycles. The maximum atomic E-state index is 11.9. The first-order chi connectivity index (χ1) is 12.8. The van der Waals surface area contributed by atoms with Gasteiger partial charge in [0.05, 0.1) is 19.2 Å². The number of hydrogen-bond acceptors (Lipinski definition) is 5. The first-order valence-corrected chi connectivity index (χ1v) is 9.15. The summed E-state index contributed by atoms with van der Waals surface area (Å²) in [6.45, 7) is 0.223. The van der Waals surface area contributed by atoms with Crippen LogP contribution in [0.1, 0.15) is 11.1 Å². The maximum Gasteiger partial charge on any atom is 0.345 e. The highest BCUT2D eigenvalue weighted by Gasteiger charge is 2.21. The van der Waals surface area contributed by atoms with Crippen LogP contribution in [0, 0.1) is 0 Å². The zero-order valence-electron chi connectivity index (χ0n) is 14.4. The second-order valence-electron chi connectivity index (χ2n) is 5.26. The van der Waals surface area contributed by atoms with Gasteiger partial charge in [-0.05, 0) is 35.9 Å². The number of carbonyl (C=O) groups is 2. The minimum atomic E-state index is -0.850. The highest BCUT2D eigenvalue weighted by Crippen LogP contribution is 2.34. The first-order valence-electron chi connectivity index (χ1n) is 7.60. The molecule has 0 bridgehead atoms. The van der Waals surface area contributed by atoms with E-state index in [4.69, 9.17) is 27.9 Å². The summed E-state index contributed by atoms with van der Waals surface area (Å²) < 4.78 is 16.0. The molecule has 0 saturated heterocycles. The van der Waals surface area contributed by atoms with Crippen molar-refractivity contribution in [2.75, 3.05) is 14.2 Å². The van der Waals surface area contributed by atoms with Gasteiger partial charge in [0.15, 0.2) is 0 Å². The normalized spacial score (nSPS) is 10.1. The van der Waals surface area contributed by atoms with Crippen LogP contribution in [-0.4, -0.2) is 26.2 Å². The molecular formula is C19H15BrCl2O5. The summed E-state index contributed by atoms with van der Waals surface area (Å²) in [5.74, 6) is -1.43. The second-order valence-corrected chi connectivity index (χ2v) is 7.02. The highest BCUT2D eigenvalue weighted by atomic mass is 79.9. The largest absolute Gasteiger partial charge is 0.487 e. The van der Waals surface area contributed by atoms with Crippen molar-refractivity contribution in [3.8, 4) is 5.75 Å². The predicted octanol–water partition coefficient (Wildman–Crippen LogP) is 5.06. The van der Waals surface area contributed by atoms with Crippen molar-refractivity contribution in [2.45, 2.75) is 6.61 Å². The lowest BCUT2D eigenvalue weighted by molar-refractivity contribution is -0.143. The minimum absolute atomic E-state index is 0.223. The molecule has 0 radical (unpaired) electrons. The number of rotatable bonds is 6. The third kappa shape index (κ3) is 5.73. The number of halogens is 3. The molecule has 0 aromatic heterocycles. The van der Waals surface area contributed by atoms with Crippen molar-refractivity contribution in [3.05, 3.63) is 67.6 Å². The molecule has 2 rings (SSSR count). The molecule has 0 atom stereocenters. The van der Waals surface area contributed by atoms with Gasteiger partial charge >= 0.3 is 11.9 Å². The molecule has 0 heterocycles. The maximum absolute atomic E-state index is 11.9. The Labute approximate surface area is 174 Å². The van der Waals surface area contributed by atoms with Crippen LogP contribution in [-0.2, 0) is 25.7 Å². The molecule has 2 aromatic rings. The molecule has 8 heteroatoms. The molecule has 0 amide bonds. The topological polar surface area (TPSA) is 61.8 Å².